The predicted molar refractivity (Wildman–Crippen MR) is 70.1 cm³/mol. The van der Waals surface area contributed by atoms with Crippen LogP contribution in [0.15, 0.2) is 0 Å². The first-order valence-electron chi connectivity index (χ1n) is 6.23. The number of carbonyl (C=O) groups is 2. The zero-order valence-corrected chi connectivity index (χ0v) is 12.5. The van der Waals surface area contributed by atoms with Crippen LogP contribution in [0.2, 0.25) is 0 Å². The van der Waals surface area contributed by atoms with Crippen LogP contribution >= 0.6 is 23.2 Å². The van der Waals surface area contributed by atoms with Gasteiger partial charge in [0.1, 0.15) is 9.75 Å². The van der Waals surface area contributed by atoms with Gasteiger partial charge in [0.2, 0.25) is 0 Å². The molecule has 1 aliphatic carbocycles. The van der Waals surface area contributed by atoms with Gasteiger partial charge < -0.3 is 14.4 Å². The van der Waals surface area contributed by atoms with Crippen LogP contribution in [-0.4, -0.2) is 53.5 Å². The maximum atomic E-state index is 12.1. The van der Waals surface area contributed by atoms with Crippen molar-refractivity contribution in [2.24, 2.45) is 5.41 Å². The van der Waals surface area contributed by atoms with E-state index in [1.165, 1.54) is 0 Å². The SMILES string of the molecule is CC(OC(=O)C1(C)CC1(Cl)Cl)C(=O)N1CCOCC1. The number of hydrogen-bond donors (Lipinski definition) is 0. The van der Waals surface area contributed by atoms with E-state index in [1.54, 1.807) is 18.7 Å². The number of carbonyl (C=O) groups excluding carboxylic acids is 2. The number of amides is 1. The Labute approximate surface area is 122 Å². The van der Waals surface area contributed by atoms with E-state index < -0.39 is 21.8 Å². The fourth-order valence-corrected chi connectivity index (χ4v) is 2.69. The largest absolute Gasteiger partial charge is 0.452 e. The highest BCUT2D eigenvalue weighted by Crippen LogP contribution is 2.64. The predicted octanol–water partition coefficient (Wildman–Crippen LogP) is 1.36. The first-order valence-corrected chi connectivity index (χ1v) is 6.99. The molecule has 0 aromatic heterocycles. The average Bonchev–Trinajstić information content (AvgIpc) is 2.90. The zero-order chi connectivity index (χ0) is 14.3. The van der Waals surface area contributed by atoms with Crippen molar-refractivity contribution in [1.82, 2.24) is 4.90 Å². The summed E-state index contributed by atoms with van der Waals surface area (Å²) in [6, 6.07) is 0. The Bertz CT molecular complexity index is 395. The highest BCUT2D eigenvalue weighted by Gasteiger charge is 2.69. The van der Waals surface area contributed by atoms with Crippen molar-refractivity contribution < 1.29 is 19.1 Å². The van der Waals surface area contributed by atoms with Crippen LogP contribution in [0.5, 0.6) is 0 Å². The van der Waals surface area contributed by atoms with E-state index in [4.69, 9.17) is 32.7 Å². The molecule has 0 aromatic carbocycles. The minimum Gasteiger partial charge on any atom is -0.452 e. The van der Waals surface area contributed by atoms with Crippen LogP contribution < -0.4 is 0 Å². The Hall–Kier alpha value is -0.520. The molecular formula is C12H17Cl2NO4. The Kier molecular flexibility index (Phi) is 4.00. The minimum atomic E-state index is -1.08. The molecule has 7 heteroatoms. The monoisotopic (exact) mass is 309 g/mol. The van der Waals surface area contributed by atoms with Gasteiger partial charge in [-0.1, -0.05) is 0 Å². The Balaban J connectivity index is 1.89. The smallest absolute Gasteiger partial charge is 0.315 e. The summed E-state index contributed by atoms with van der Waals surface area (Å²) in [4.78, 5) is 25.7. The molecule has 2 rings (SSSR count). The molecule has 19 heavy (non-hydrogen) atoms. The number of rotatable bonds is 3. The molecule has 0 aromatic rings. The maximum absolute atomic E-state index is 12.1. The Morgan fingerprint density at radius 2 is 1.84 bits per heavy atom. The molecule has 0 radical (unpaired) electrons. The van der Waals surface area contributed by atoms with Crippen LogP contribution in [0, 0.1) is 5.41 Å². The highest BCUT2D eigenvalue weighted by molar-refractivity contribution is 6.53. The molecule has 1 amide bonds. The van der Waals surface area contributed by atoms with Gasteiger partial charge in [-0.15, -0.1) is 23.2 Å². The molecule has 1 aliphatic heterocycles. The van der Waals surface area contributed by atoms with Crippen molar-refractivity contribution in [2.45, 2.75) is 30.7 Å². The summed E-state index contributed by atoms with van der Waals surface area (Å²) in [6.45, 7) is 5.26. The van der Waals surface area contributed by atoms with Crippen molar-refractivity contribution in [1.29, 1.82) is 0 Å². The molecular weight excluding hydrogens is 293 g/mol. The van der Waals surface area contributed by atoms with Crippen molar-refractivity contribution >= 4 is 35.1 Å². The van der Waals surface area contributed by atoms with Crippen molar-refractivity contribution in [3.05, 3.63) is 0 Å². The molecule has 5 nitrogen and oxygen atoms in total. The van der Waals surface area contributed by atoms with Crippen LogP contribution in [0.4, 0.5) is 0 Å². The summed E-state index contributed by atoms with van der Waals surface area (Å²) in [6.07, 6.45) is -0.479. The van der Waals surface area contributed by atoms with Gasteiger partial charge in [-0.05, 0) is 13.8 Å². The Morgan fingerprint density at radius 3 is 2.32 bits per heavy atom. The number of esters is 1. The molecule has 1 saturated heterocycles. The third-order valence-electron chi connectivity index (χ3n) is 3.66. The van der Waals surface area contributed by atoms with Gasteiger partial charge in [0, 0.05) is 19.5 Å². The van der Waals surface area contributed by atoms with Gasteiger partial charge in [-0.3, -0.25) is 9.59 Å². The second-order valence-corrected chi connectivity index (χ2v) is 6.68. The molecule has 0 bridgehead atoms. The third-order valence-corrected chi connectivity index (χ3v) is 4.76. The summed E-state index contributed by atoms with van der Waals surface area (Å²) in [7, 11) is 0. The van der Waals surface area contributed by atoms with Gasteiger partial charge in [0.05, 0.1) is 13.2 Å². The standard InChI is InChI=1S/C12H17Cl2NO4/c1-8(9(16)15-3-5-18-6-4-15)19-10(17)11(2)7-12(11,13)14/h8H,3-7H2,1-2H3. The number of hydrogen-bond acceptors (Lipinski definition) is 4. The molecule has 2 unspecified atom stereocenters. The van der Waals surface area contributed by atoms with Crippen molar-refractivity contribution in [2.75, 3.05) is 26.3 Å². The summed E-state index contributed by atoms with van der Waals surface area (Å²) < 4.78 is 9.28. The van der Waals surface area contributed by atoms with Crippen LogP contribution in [0.1, 0.15) is 20.3 Å². The molecule has 2 aliphatic rings. The fraction of sp³-hybridized carbons (Fsp3) is 0.833. The molecule has 1 heterocycles. The molecule has 108 valence electrons. The fourth-order valence-electron chi connectivity index (χ4n) is 2.00. The first kappa shape index (κ1) is 14.9. The average molecular weight is 310 g/mol. The Morgan fingerprint density at radius 1 is 1.32 bits per heavy atom. The number of alkyl halides is 2. The van der Waals surface area contributed by atoms with E-state index in [-0.39, 0.29) is 5.91 Å². The maximum Gasteiger partial charge on any atom is 0.315 e. The lowest BCUT2D eigenvalue weighted by Crippen LogP contribution is -2.46. The lowest BCUT2D eigenvalue weighted by Gasteiger charge is -2.29. The summed E-state index contributed by atoms with van der Waals surface area (Å²) in [5.41, 5.74) is -0.907. The highest BCUT2D eigenvalue weighted by atomic mass is 35.5. The summed E-state index contributed by atoms with van der Waals surface area (Å²) >= 11 is 11.8. The minimum absolute atomic E-state index is 0.212. The number of ether oxygens (including phenoxy) is 2. The van der Waals surface area contributed by atoms with Crippen LogP contribution in [0.25, 0.3) is 0 Å². The number of halogens is 2. The lowest BCUT2D eigenvalue weighted by molar-refractivity contribution is -0.164. The van der Waals surface area contributed by atoms with E-state index in [0.717, 1.165) is 0 Å². The zero-order valence-electron chi connectivity index (χ0n) is 10.9. The van der Waals surface area contributed by atoms with Crippen molar-refractivity contribution in [3.8, 4) is 0 Å². The van der Waals surface area contributed by atoms with Crippen molar-refractivity contribution in [3.63, 3.8) is 0 Å². The van der Waals surface area contributed by atoms with Gasteiger partial charge in [0.15, 0.2) is 6.10 Å². The first-order chi connectivity index (χ1) is 8.78. The topological polar surface area (TPSA) is 55.8 Å². The number of morpholine rings is 1. The second kappa shape index (κ2) is 5.11. The quantitative estimate of drug-likeness (QED) is 0.583. The molecule has 2 atom stereocenters. The molecule has 0 N–H and O–H groups in total. The summed E-state index contributed by atoms with van der Waals surface area (Å²) in [5.74, 6) is -0.734. The molecule has 2 fully saturated rings. The van der Waals surface area contributed by atoms with Gasteiger partial charge in [-0.25, -0.2) is 0 Å². The molecule has 1 saturated carbocycles. The lowest BCUT2D eigenvalue weighted by atomic mass is 10.1. The van der Waals surface area contributed by atoms with E-state index in [0.29, 0.717) is 32.7 Å². The third kappa shape index (κ3) is 2.83. The molecule has 0 spiro atoms. The van der Waals surface area contributed by atoms with E-state index in [9.17, 15) is 9.59 Å². The second-order valence-electron chi connectivity index (χ2n) is 5.20. The van der Waals surface area contributed by atoms with E-state index in [1.807, 2.05) is 0 Å². The van der Waals surface area contributed by atoms with Gasteiger partial charge in [0.25, 0.3) is 5.91 Å². The summed E-state index contributed by atoms with van der Waals surface area (Å²) in [5, 5.41) is 0. The van der Waals surface area contributed by atoms with Crippen LogP contribution in [0.3, 0.4) is 0 Å². The van der Waals surface area contributed by atoms with E-state index in [2.05, 4.69) is 0 Å². The normalized spacial score (nSPS) is 30.6. The van der Waals surface area contributed by atoms with E-state index >= 15 is 0 Å². The van der Waals surface area contributed by atoms with Gasteiger partial charge >= 0.3 is 5.97 Å². The number of nitrogens with zero attached hydrogens (tertiary/aromatic N) is 1. The van der Waals surface area contributed by atoms with Gasteiger partial charge in [-0.2, -0.15) is 0 Å². The van der Waals surface area contributed by atoms with Crippen LogP contribution in [-0.2, 0) is 19.1 Å².